The minimum absolute atomic E-state index is 0.623. The molecule has 0 bridgehead atoms. The van der Waals surface area contributed by atoms with E-state index in [9.17, 15) is 5.11 Å². The fourth-order valence-electron chi connectivity index (χ4n) is 1.99. The summed E-state index contributed by atoms with van der Waals surface area (Å²) in [4.78, 5) is 1.25. The molecule has 1 aliphatic carbocycles. The lowest BCUT2D eigenvalue weighted by Crippen LogP contribution is -2.08. The predicted molar refractivity (Wildman–Crippen MR) is 67.3 cm³/mol. The van der Waals surface area contributed by atoms with E-state index >= 15 is 0 Å². The molecule has 0 amide bonds. The molecule has 16 heavy (non-hydrogen) atoms. The molecule has 1 saturated carbocycles. The van der Waals surface area contributed by atoms with Gasteiger partial charge in [-0.3, -0.25) is 0 Å². The fourth-order valence-corrected chi connectivity index (χ4v) is 2.69. The standard InChI is InChI=1S/C13H18O2S/c1-4-9-7-11(15-2)10(8-12(9)16-3)13(14)5-6-13/h7-8,14H,4-6H2,1-3H3. The van der Waals surface area contributed by atoms with Crippen LogP contribution in [0.2, 0.25) is 0 Å². The number of aliphatic hydroxyl groups is 1. The first-order valence-corrected chi connectivity index (χ1v) is 6.85. The molecule has 2 rings (SSSR count). The molecule has 0 unspecified atom stereocenters. The van der Waals surface area contributed by atoms with Gasteiger partial charge in [0.05, 0.1) is 12.7 Å². The summed E-state index contributed by atoms with van der Waals surface area (Å²) in [6.07, 6.45) is 4.76. The first-order chi connectivity index (χ1) is 7.64. The van der Waals surface area contributed by atoms with Gasteiger partial charge in [-0.15, -0.1) is 11.8 Å². The summed E-state index contributed by atoms with van der Waals surface area (Å²) in [5.74, 6) is 0.828. The van der Waals surface area contributed by atoms with Gasteiger partial charge in [0.2, 0.25) is 0 Å². The molecule has 2 nitrogen and oxygen atoms in total. The molecule has 88 valence electrons. The molecule has 0 atom stereocenters. The number of aryl methyl sites for hydroxylation is 1. The highest BCUT2D eigenvalue weighted by atomic mass is 32.2. The highest BCUT2D eigenvalue weighted by molar-refractivity contribution is 7.98. The molecule has 1 aliphatic rings. The Balaban J connectivity index is 2.51. The predicted octanol–water partition coefficient (Wildman–Crippen LogP) is 2.96. The van der Waals surface area contributed by atoms with Gasteiger partial charge in [0, 0.05) is 10.5 Å². The average Bonchev–Trinajstić information content (AvgIpc) is 3.06. The van der Waals surface area contributed by atoms with Gasteiger partial charge in [0.15, 0.2) is 0 Å². The SMILES string of the molecule is CCc1cc(OC)c(C2(O)CC2)cc1SC. The van der Waals surface area contributed by atoms with E-state index in [1.54, 1.807) is 18.9 Å². The molecule has 1 fully saturated rings. The molecule has 0 saturated heterocycles. The number of rotatable bonds is 4. The first kappa shape index (κ1) is 11.8. The molecule has 0 spiro atoms. The zero-order valence-electron chi connectivity index (χ0n) is 10.0. The maximum absolute atomic E-state index is 10.2. The van der Waals surface area contributed by atoms with Gasteiger partial charge in [-0.25, -0.2) is 0 Å². The Morgan fingerprint density at radius 2 is 2.12 bits per heavy atom. The largest absolute Gasteiger partial charge is 0.496 e. The van der Waals surface area contributed by atoms with Crippen molar-refractivity contribution in [3.8, 4) is 5.75 Å². The molecule has 0 heterocycles. The van der Waals surface area contributed by atoms with E-state index in [4.69, 9.17) is 4.74 Å². The molecule has 1 aromatic carbocycles. The van der Waals surface area contributed by atoms with Gasteiger partial charge in [-0.05, 0) is 43.2 Å². The molecular weight excluding hydrogens is 220 g/mol. The zero-order valence-corrected chi connectivity index (χ0v) is 10.9. The van der Waals surface area contributed by atoms with E-state index in [-0.39, 0.29) is 0 Å². The molecular formula is C13H18O2S. The molecule has 1 N–H and O–H groups in total. The zero-order chi connectivity index (χ0) is 11.8. The minimum Gasteiger partial charge on any atom is -0.496 e. The average molecular weight is 238 g/mol. The van der Waals surface area contributed by atoms with E-state index in [1.165, 1.54) is 10.5 Å². The van der Waals surface area contributed by atoms with Crippen LogP contribution in [0.5, 0.6) is 5.75 Å². The van der Waals surface area contributed by atoms with Crippen molar-refractivity contribution in [2.45, 2.75) is 36.7 Å². The van der Waals surface area contributed by atoms with Crippen molar-refractivity contribution in [2.24, 2.45) is 0 Å². The van der Waals surface area contributed by atoms with Gasteiger partial charge in [-0.2, -0.15) is 0 Å². The van der Waals surface area contributed by atoms with Crippen molar-refractivity contribution in [2.75, 3.05) is 13.4 Å². The van der Waals surface area contributed by atoms with Crippen molar-refractivity contribution >= 4 is 11.8 Å². The third-order valence-corrected chi connectivity index (χ3v) is 4.03. The summed E-state index contributed by atoms with van der Waals surface area (Å²) in [6.45, 7) is 2.14. The Labute approximate surface area is 101 Å². The van der Waals surface area contributed by atoms with Crippen LogP contribution < -0.4 is 4.74 Å². The van der Waals surface area contributed by atoms with Crippen molar-refractivity contribution < 1.29 is 9.84 Å². The summed E-state index contributed by atoms with van der Waals surface area (Å²) in [5.41, 5.74) is 1.62. The number of hydrogen-bond donors (Lipinski definition) is 1. The van der Waals surface area contributed by atoms with Crippen LogP contribution in [0.25, 0.3) is 0 Å². The van der Waals surface area contributed by atoms with Crippen LogP contribution in [0.1, 0.15) is 30.9 Å². The van der Waals surface area contributed by atoms with Gasteiger partial charge in [0.25, 0.3) is 0 Å². The maximum Gasteiger partial charge on any atom is 0.125 e. The van der Waals surface area contributed by atoms with Crippen molar-refractivity contribution in [3.63, 3.8) is 0 Å². The highest BCUT2D eigenvalue weighted by Crippen LogP contribution is 2.50. The van der Waals surface area contributed by atoms with Crippen LogP contribution in [-0.4, -0.2) is 18.5 Å². The molecule has 3 heteroatoms. The van der Waals surface area contributed by atoms with Gasteiger partial charge in [-0.1, -0.05) is 6.92 Å². The summed E-state index contributed by atoms with van der Waals surface area (Å²) in [5, 5.41) is 10.2. The first-order valence-electron chi connectivity index (χ1n) is 5.62. The molecule has 1 aromatic rings. The van der Waals surface area contributed by atoms with Crippen LogP contribution in [0.4, 0.5) is 0 Å². The van der Waals surface area contributed by atoms with E-state index in [0.717, 1.165) is 30.6 Å². The van der Waals surface area contributed by atoms with Crippen LogP contribution in [0, 0.1) is 0 Å². The Morgan fingerprint density at radius 3 is 2.56 bits per heavy atom. The summed E-state index contributed by atoms with van der Waals surface area (Å²) in [6, 6.07) is 4.16. The summed E-state index contributed by atoms with van der Waals surface area (Å²) >= 11 is 1.73. The second-order valence-corrected chi connectivity index (χ2v) is 5.10. The maximum atomic E-state index is 10.2. The normalized spacial score (nSPS) is 17.2. The fraction of sp³-hybridized carbons (Fsp3) is 0.538. The summed E-state index contributed by atoms with van der Waals surface area (Å²) < 4.78 is 5.38. The van der Waals surface area contributed by atoms with E-state index < -0.39 is 5.60 Å². The topological polar surface area (TPSA) is 29.5 Å². The number of methoxy groups -OCH3 is 1. The number of hydrogen-bond acceptors (Lipinski definition) is 3. The van der Waals surface area contributed by atoms with E-state index in [2.05, 4.69) is 25.3 Å². The third kappa shape index (κ3) is 1.94. The van der Waals surface area contributed by atoms with Crippen LogP contribution >= 0.6 is 11.8 Å². The van der Waals surface area contributed by atoms with Crippen LogP contribution in [0.15, 0.2) is 17.0 Å². The van der Waals surface area contributed by atoms with Gasteiger partial charge >= 0.3 is 0 Å². The van der Waals surface area contributed by atoms with Gasteiger partial charge < -0.3 is 9.84 Å². The Hall–Kier alpha value is -0.670. The smallest absolute Gasteiger partial charge is 0.125 e. The molecule has 0 aliphatic heterocycles. The number of benzene rings is 1. The second kappa shape index (κ2) is 4.30. The van der Waals surface area contributed by atoms with Crippen molar-refractivity contribution in [1.29, 1.82) is 0 Å². The van der Waals surface area contributed by atoms with Crippen molar-refractivity contribution in [1.82, 2.24) is 0 Å². The summed E-state index contributed by atoms with van der Waals surface area (Å²) in [7, 11) is 1.67. The van der Waals surface area contributed by atoms with Crippen molar-refractivity contribution in [3.05, 3.63) is 23.3 Å². The number of ether oxygens (including phenoxy) is 1. The molecule has 0 radical (unpaired) electrons. The highest BCUT2D eigenvalue weighted by Gasteiger charge is 2.44. The lowest BCUT2D eigenvalue weighted by atomic mass is 10.0. The van der Waals surface area contributed by atoms with E-state index in [1.807, 2.05) is 0 Å². The van der Waals surface area contributed by atoms with Crippen LogP contribution in [0.3, 0.4) is 0 Å². The van der Waals surface area contributed by atoms with E-state index in [0.29, 0.717) is 0 Å². The second-order valence-electron chi connectivity index (χ2n) is 4.25. The van der Waals surface area contributed by atoms with Gasteiger partial charge in [0.1, 0.15) is 5.75 Å². The monoisotopic (exact) mass is 238 g/mol. The van der Waals surface area contributed by atoms with Crippen LogP contribution in [-0.2, 0) is 12.0 Å². The quantitative estimate of drug-likeness (QED) is 0.818. The minimum atomic E-state index is -0.623. The Kier molecular flexibility index (Phi) is 3.17. The third-order valence-electron chi connectivity index (χ3n) is 3.21. The lowest BCUT2D eigenvalue weighted by Gasteiger charge is -2.17. The Bertz CT molecular complexity index is 397. The molecule has 0 aromatic heterocycles. The Morgan fingerprint density at radius 1 is 1.44 bits per heavy atom. The lowest BCUT2D eigenvalue weighted by molar-refractivity contribution is 0.147. The number of thioether (sulfide) groups is 1.